The van der Waals surface area contributed by atoms with E-state index in [2.05, 4.69) is 27.6 Å². The lowest BCUT2D eigenvalue weighted by molar-refractivity contribution is 0.146. The van der Waals surface area contributed by atoms with E-state index in [4.69, 9.17) is 0 Å². The second-order valence-corrected chi connectivity index (χ2v) is 4.33. The van der Waals surface area contributed by atoms with E-state index >= 15 is 0 Å². The third kappa shape index (κ3) is 2.01. The van der Waals surface area contributed by atoms with Gasteiger partial charge in [0.05, 0.1) is 5.69 Å². The van der Waals surface area contributed by atoms with Gasteiger partial charge in [0.25, 0.3) is 6.43 Å². The van der Waals surface area contributed by atoms with E-state index in [0.29, 0.717) is 10.9 Å². The summed E-state index contributed by atoms with van der Waals surface area (Å²) in [7, 11) is 0. The summed E-state index contributed by atoms with van der Waals surface area (Å²) in [6.07, 6.45) is -2.65. The normalized spacial score (nSPS) is 11.2. The number of nitrogens with one attached hydrogen (secondary N) is 1. The van der Waals surface area contributed by atoms with Crippen molar-refractivity contribution < 1.29 is 8.78 Å². The lowest BCUT2D eigenvalue weighted by Gasteiger charge is -2.03. The molecule has 0 fully saturated rings. The fourth-order valence-corrected chi connectivity index (χ4v) is 1.85. The monoisotopic (exact) mass is 321 g/mol. The summed E-state index contributed by atoms with van der Waals surface area (Å²) < 4.78 is 25.7. The first-order valence-corrected chi connectivity index (χ1v) is 5.26. The number of pyridine rings is 1. The highest BCUT2D eigenvalue weighted by molar-refractivity contribution is 14.1. The van der Waals surface area contributed by atoms with Gasteiger partial charge in [-0.2, -0.15) is 0 Å². The van der Waals surface area contributed by atoms with Crippen LogP contribution in [0.15, 0.2) is 29.1 Å². The van der Waals surface area contributed by atoms with Crippen LogP contribution >= 0.6 is 22.6 Å². The molecule has 15 heavy (non-hydrogen) atoms. The fraction of sp³-hybridized carbons (Fsp3) is 0.100. The Morgan fingerprint density at radius 2 is 2.00 bits per heavy atom. The summed E-state index contributed by atoms with van der Waals surface area (Å²) in [5.74, 6) is 0. The maximum atomic E-state index is 12.4. The Balaban J connectivity index is 2.79. The van der Waals surface area contributed by atoms with Crippen molar-refractivity contribution in [3.05, 3.63) is 43.8 Å². The molecule has 0 radical (unpaired) electrons. The maximum Gasteiger partial charge on any atom is 0.278 e. The van der Waals surface area contributed by atoms with Gasteiger partial charge in [-0.3, -0.25) is 4.79 Å². The molecule has 0 saturated heterocycles. The summed E-state index contributed by atoms with van der Waals surface area (Å²) >= 11 is 2.07. The van der Waals surface area contributed by atoms with Crippen LogP contribution in [-0.2, 0) is 0 Å². The maximum absolute atomic E-state index is 12.4. The number of alkyl halides is 2. The van der Waals surface area contributed by atoms with E-state index in [9.17, 15) is 13.6 Å². The summed E-state index contributed by atoms with van der Waals surface area (Å²) in [6.45, 7) is 0. The van der Waals surface area contributed by atoms with Crippen LogP contribution in [0.1, 0.15) is 12.1 Å². The SMILES string of the molecule is O=c1cc(C(F)F)[nH]c2ccc(I)cc12. The van der Waals surface area contributed by atoms with E-state index < -0.39 is 6.43 Å². The third-order valence-electron chi connectivity index (χ3n) is 2.05. The van der Waals surface area contributed by atoms with Crippen LogP contribution in [0.4, 0.5) is 8.78 Å². The van der Waals surface area contributed by atoms with Crippen LogP contribution in [-0.4, -0.2) is 4.98 Å². The van der Waals surface area contributed by atoms with Gasteiger partial charge in [0.2, 0.25) is 0 Å². The highest BCUT2D eigenvalue weighted by atomic mass is 127. The first-order valence-electron chi connectivity index (χ1n) is 4.18. The van der Waals surface area contributed by atoms with Crippen LogP contribution in [0.25, 0.3) is 10.9 Å². The van der Waals surface area contributed by atoms with Crippen molar-refractivity contribution in [2.24, 2.45) is 0 Å². The molecular formula is C10H6F2INO. The molecule has 0 spiro atoms. The van der Waals surface area contributed by atoms with Crippen molar-refractivity contribution in [3.8, 4) is 0 Å². The Morgan fingerprint density at radius 3 is 2.67 bits per heavy atom. The minimum Gasteiger partial charge on any atom is -0.354 e. The highest BCUT2D eigenvalue weighted by Gasteiger charge is 2.10. The molecule has 0 aliphatic heterocycles. The molecule has 1 heterocycles. The molecule has 0 aliphatic carbocycles. The molecule has 1 N–H and O–H groups in total. The topological polar surface area (TPSA) is 32.9 Å². The average molecular weight is 321 g/mol. The minimum absolute atomic E-state index is 0.339. The molecule has 2 aromatic rings. The summed E-state index contributed by atoms with van der Waals surface area (Å²) in [5, 5.41) is 0.436. The van der Waals surface area contributed by atoms with Gasteiger partial charge in [-0.05, 0) is 40.8 Å². The number of fused-ring (bicyclic) bond motifs is 1. The molecule has 0 atom stereocenters. The predicted molar refractivity (Wildman–Crippen MR) is 62.2 cm³/mol. The fourth-order valence-electron chi connectivity index (χ4n) is 1.36. The first-order chi connectivity index (χ1) is 7.08. The molecule has 1 aromatic carbocycles. The molecule has 0 saturated carbocycles. The molecule has 0 aliphatic rings. The van der Waals surface area contributed by atoms with E-state index in [1.54, 1.807) is 18.2 Å². The van der Waals surface area contributed by atoms with Gasteiger partial charge in [-0.1, -0.05) is 0 Å². The zero-order chi connectivity index (χ0) is 11.0. The molecule has 5 heteroatoms. The van der Waals surface area contributed by atoms with Crippen molar-refractivity contribution in [2.45, 2.75) is 6.43 Å². The molecule has 0 bridgehead atoms. The second kappa shape index (κ2) is 3.88. The quantitative estimate of drug-likeness (QED) is 0.805. The van der Waals surface area contributed by atoms with Crippen LogP contribution in [0, 0.1) is 3.57 Å². The van der Waals surface area contributed by atoms with Crippen molar-refractivity contribution in [1.82, 2.24) is 4.98 Å². The zero-order valence-corrected chi connectivity index (χ0v) is 9.59. The highest BCUT2D eigenvalue weighted by Crippen LogP contribution is 2.18. The van der Waals surface area contributed by atoms with Gasteiger partial charge < -0.3 is 4.98 Å². The number of hydrogen-bond donors (Lipinski definition) is 1. The van der Waals surface area contributed by atoms with Gasteiger partial charge in [-0.15, -0.1) is 0 Å². The van der Waals surface area contributed by atoms with Gasteiger partial charge >= 0.3 is 0 Å². The lowest BCUT2D eigenvalue weighted by Crippen LogP contribution is -2.05. The Kier molecular flexibility index (Phi) is 2.72. The van der Waals surface area contributed by atoms with Gasteiger partial charge in [-0.25, -0.2) is 8.78 Å². The van der Waals surface area contributed by atoms with Crippen molar-refractivity contribution in [2.75, 3.05) is 0 Å². The van der Waals surface area contributed by atoms with Crippen LogP contribution < -0.4 is 5.43 Å². The van der Waals surface area contributed by atoms with Crippen molar-refractivity contribution >= 4 is 33.5 Å². The van der Waals surface area contributed by atoms with Crippen molar-refractivity contribution in [1.29, 1.82) is 0 Å². The first kappa shape index (κ1) is 10.5. The summed E-state index contributed by atoms with van der Waals surface area (Å²) in [4.78, 5) is 14.0. The summed E-state index contributed by atoms with van der Waals surface area (Å²) in [5.41, 5.74) is -0.274. The Labute approximate surface area is 97.5 Å². The lowest BCUT2D eigenvalue weighted by atomic mass is 10.2. The van der Waals surface area contributed by atoms with Gasteiger partial charge in [0.1, 0.15) is 0 Å². The zero-order valence-electron chi connectivity index (χ0n) is 7.43. The molecule has 0 unspecified atom stereocenters. The number of aromatic amines is 1. The van der Waals surface area contributed by atoms with E-state index in [-0.39, 0.29) is 11.1 Å². The van der Waals surface area contributed by atoms with Crippen molar-refractivity contribution in [3.63, 3.8) is 0 Å². The molecule has 1 aromatic heterocycles. The smallest absolute Gasteiger partial charge is 0.278 e. The Bertz CT molecular complexity index is 565. The van der Waals surface area contributed by atoms with E-state index in [0.717, 1.165) is 9.64 Å². The predicted octanol–water partition coefficient (Wildman–Crippen LogP) is 3.07. The molecule has 78 valence electrons. The van der Waals surface area contributed by atoms with Crippen LogP contribution in [0.2, 0.25) is 0 Å². The summed E-state index contributed by atoms with van der Waals surface area (Å²) in [6, 6.07) is 6.01. The van der Waals surface area contributed by atoms with Gasteiger partial charge in [0, 0.05) is 20.5 Å². The number of aromatic nitrogens is 1. The number of halogens is 3. The second-order valence-electron chi connectivity index (χ2n) is 3.08. The average Bonchev–Trinajstić information content (AvgIpc) is 2.18. The number of benzene rings is 1. The van der Waals surface area contributed by atoms with E-state index in [1.165, 1.54) is 0 Å². The Hall–Kier alpha value is -0.980. The van der Waals surface area contributed by atoms with Gasteiger partial charge in [0.15, 0.2) is 5.43 Å². The third-order valence-corrected chi connectivity index (χ3v) is 2.72. The molecular weight excluding hydrogens is 315 g/mol. The minimum atomic E-state index is -2.65. The standard InChI is InChI=1S/C10H6F2INO/c11-10(12)8-4-9(15)6-3-5(13)1-2-7(6)14-8/h1-4,10H,(H,14,15). The molecule has 2 nitrogen and oxygen atoms in total. The largest absolute Gasteiger partial charge is 0.354 e. The van der Waals surface area contributed by atoms with Crippen LogP contribution in [0.3, 0.4) is 0 Å². The number of hydrogen-bond acceptors (Lipinski definition) is 1. The van der Waals surface area contributed by atoms with Crippen LogP contribution in [0.5, 0.6) is 0 Å². The Morgan fingerprint density at radius 1 is 1.27 bits per heavy atom. The number of rotatable bonds is 1. The number of H-pyrrole nitrogens is 1. The molecule has 2 rings (SSSR count). The molecule has 0 amide bonds. The van der Waals surface area contributed by atoms with E-state index in [1.807, 2.05) is 0 Å².